The maximum Gasteiger partial charge on any atom is 0.328 e. The van der Waals surface area contributed by atoms with Crippen LogP contribution in [0.4, 0.5) is 0 Å². The number of benzene rings is 3. The van der Waals surface area contributed by atoms with Crippen molar-refractivity contribution in [2.45, 2.75) is 57.5 Å². The normalized spacial score (nSPS) is 19.5. The van der Waals surface area contributed by atoms with Crippen molar-refractivity contribution in [3.05, 3.63) is 108 Å². The zero-order chi connectivity index (χ0) is 26.5. The monoisotopic (exact) mass is 515 g/mol. The molecule has 0 saturated carbocycles. The molecule has 0 aromatic heterocycles. The Morgan fingerprint density at radius 2 is 1.46 bits per heavy atom. The summed E-state index contributed by atoms with van der Waals surface area (Å²) in [6.07, 6.45) is 0. The van der Waals surface area contributed by atoms with Crippen molar-refractivity contribution in [2.75, 3.05) is 19.7 Å². The molecule has 3 atom stereocenters. The molecule has 0 N–H and O–H groups in total. The van der Waals surface area contributed by atoms with E-state index in [0.717, 1.165) is 24.2 Å². The molecule has 1 saturated heterocycles. The summed E-state index contributed by atoms with van der Waals surface area (Å²) >= 11 is 0. The summed E-state index contributed by atoms with van der Waals surface area (Å²) in [5, 5.41) is 0.154. The third-order valence-electron chi connectivity index (χ3n) is 8.09. The van der Waals surface area contributed by atoms with Gasteiger partial charge in [-0.15, -0.1) is 0 Å². The summed E-state index contributed by atoms with van der Waals surface area (Å²) < 4.78 is 12.6. The molecule has 1 unspecified atom stereocenters. The van der Waals surface area contributed by atoms with Crippen LogP contribution in [0.5, 0.6) is 0 Å². The van der Waals surface area contributed by atoms with Crippen molar-refractivity contribution in [1.29, 1.82) is 0 Å². The topological polar surface area (TPSA) is 38.8 Å². The first-order valence-electron chi connectivity index (χ1n) is 13.3. The Labute approximate surface area is 223 Å². The van der Waals surface area contributed by atoms with Crippen molar-refractivity contribution in [3.8, 4) is 0 Å². The molecule has 1 heterocycles. The summed E-state index contributed by atoms with van der Waals surface area (Å²) in [7, 11) is -1.90. The Hall–Kier alpha value is -2.73. The van der Waals surface area contributed by atoms with Crippen molar-refractivity contribution in [3.63, 3.8) is 0 Å². The average Bonchev–Trinajstić information content (AvgIpc) is 3.31. The van der Waals surface area contributed by atoms with Crippen LogP contribution in [0.1, 0.15) is 49.4 Å². The maximum absolute atomic E-state index is 13.6. The van der Waals surface area contributed by atoms with Crippen molar-refractivity contribution in [2.24, 2.45) is 5.92 Å². The molecule has 0 radical (unpaired) electrons. The Kier molecular flexibility index (Phi) is 8.68. The van der Waals surface area contributed by atoms with E-state index in [0.29, 0.717) is 18.4 Å². The Morgan fingerprint density at radius 1 is 0.892 bits per heavy atom. The number of carbonyl (C=O) groups excluding carboxylic acids is 1. The number of nitrogens with zero attached hydrogens (tertiary/aromatic N) is 1. The predicted molar refractivity (Wildman–Crippen MR) is 153 cm³/mol. The van der Waals surface area contributed by atoms with Gasteiger partial charge in [0.15, 0.2) is 8.32 Å². The number of hydrogen-bond donors (Lipinski definition) is 0. The van der Waals surface area contributed by atoms with Gasteiger partial charge in [-0.1, -0.05) is 112 Å². The molecule has 5 heteroatoms. The number of carbonyl (C=O) groups is 1. The largest absolute Gasteiger partial charge is 0.459 e. The summed E-state index contributed by atoms with van der Waals surface area (Å²) in [5.74, 6) is 0.386. The predicted octanol–water partition coefficient (Wildman–Crippen LogP) is 7.21. The molecule has 0 aliphatic carbocycles. The van der Waals surface area contributed by atoms with Gasteiger partial charge in [0.25, 0.3) is 0 Å². The second-order valence-corrected chi connectivity index (χ2v) is 16.5. The van der Waals surface area contributed by atoms with Gasteiger partial charge in [-0.2, -0.15) is 0 Å². The minimum atomic E-state index is -1.90. The van der Waals surface area contributed by atoms with E-state index < -0.39 is 14.4 Å². The fourth-order valence-electron chi connectivity index (χ4n) is 4.83. The number of likely N-dealkylation sites (tertiary alicyclic amines) is 1. The van der Waals surface area contributed by atoms with Gasteiger partial charge in [-0.25, -0.2) is 4.79 Å². The molecule has 0 bridgehead atoms. The lowest BCUT2D eigenvalue weighted by atomic mass is 9.90. The van der Waals surface area contributed by atoms with Crippen molar-refractivity contribution >= 4 is 14.3 Å². The lowest BCUT2D eigenvalue weighted by molar-refractivity contribution is -0.151. The van der Waals surface area contributed by atoms with Crippen LogP contribution >= 0.6 is 0 Å². The van der Waals surface area contributed by atoms with E-state index in [4.69, 9.17) is 9.16 Å². The van der Waals surface area contributed by atoms with E-state index in [9.17, 15) is 4.79 Å². The third kappa shape index (κ3) is 6.78. The van der Waals surface area contributed by atoms with E-state index in [-0.39, 0.29) is 17.6 Å². The molecule has 4 nitrogen and oxygen atoms in total. The van der Waals surface area contributed by atoms with E-state index in [1.165, 1.54) is 5.56 Å². The Bertz CT molecular complexity index is 1130. The first-order chi connectivity index (χ1) is 17.7. The molecule has 196 valence electrons. The summed E-state index contributed by atoms with van der Waals surface area (Å²) in [6.45, 7) is 14.0. The summed E-state index contributed by atoms with van der Waals surface area (Å²) in [6, 6.07) is 30.2. The minimum absolute atomic E-state index is 0.154. The highest BCUT2D eigenvalue weighted by atomic mass is 28.4. The Balaban J connectivity index is 1.58. The zero-order valence-corrected chi connectivity index (χ0v) is 23.9. The van der Waals surface area contributed by atoms with Crippen molar-refractivity contribution < 1.29 is 14.0 Å². The van der Waals surface area contributed by atoms with Crippen LogP contribution < -0.4 is 0 Å². The smallest absolute Gasteiger partial charge is 0.328 e. The number of esters is 1. The van der Waals surface area contributed by atoms with Gasteiger partial charge in [0.2, 0.25) is 0 Å². The van der Waals surface area contributed by atoms with Gasteiger partial charge in [0, 0.05) is 31.5 Å². The molecule has 0 amide bonds. The highest BCUT2D eigenvalue weighted by Gasteiger charge is 2.43. The fourth-order valence-corrected chi connectivity index (χ4v) is 5.90. The number of ether oxygens (including phenoxy) is 1. The van der Waals surface area contributed by atoms with Gasteiger partial charge in [0.1, 0.15) is 12.6 Å². The summed E-state index contributed by atoms with van der Waals surface area (Å²) in [5.41, 5.74) is 3.27. The van der Waals surface area contributed by atoms with E-state index in [1.807, 2.05) is 60.7 Å². The second-order valence-electron chi connectivity index (χ2n) is 11.7. The van der Waals surface area contributed by atoms with Crippen LogP contribution in [0, 0.1) is 5.92 Å². The zero-order valence-electron chi connectivity index (χ0n) is 22.9. The molecule has 3 aromatic rings. The van der Waals surface area contributed by atoms with Gasteiger partial charge < -0.3 is 9.16 Å². The third-order valence-corrected chi connectivity index (χ3v) is 12.6. The van der Waals surface area contributed by atoms with Gasteiger partial charge >= 0.3 is 5.97 Å². The highest BCUT2D eigenvalue weighted by molar-refractivity contribution is 6.74. The van der Waals surface area contributed by atoms with Crippen LogP contribution in [-0.4, -0.2) is 38.9 Å². The fraction of sp³-hybridized carbons (Fsp3) is 0.406. The van der Waals surface area contributed by atoms with Gasteiger partial charge in [0.05, 0.1) is 0 Å². The molecule has 1 fully saturated rings. The van der Waals surface area contributed by atoms with E-state index in [2.05, 4.69) is 69.1 Å². The first kappa shape index (κ1) is 27.3. The maximum atomic E-state index is 13.6. The van der Waals surface area contributed by atoms with Crippen LogP contribution in [-0.2, 0) is 20.6 Å². The molecule has 4 rings (SSSR count). The second kappa shape index (κ2) is 11.8. The number of hydrogen-bond acceptors (Lipinski definition) is 4. The van der Waals surface area contributed by atoms with Crippen LogP contribution in [0.15, 0.2) is 91.0 Å². The quantitative estimate of drug-likeness (QED) is 0.223. The molecule has 1 aliphatic heterocycles. The van der Waals surface area contributed by atoms with E-state index in [1.54, 1.807) is 0 Å². The SMILES string of the molecule is CC(C)(C)[Si](C)(C)OC[C@@H]1CN(C(C(=O)OCc2ccccc2)c2ccccc2)C[C@@H]1c1ccccc1. The standard InChI is InChI=1S/C32H41NO3Si/c1-32(2,3)37(4,5)36-24-28-21-33(22-29(28)26-17-11-7-12-18-26)30(27-19-13-8-14-20-27)31(34)35-23-25-15-9-6-10-16-25/h6-20,28-30H,21-24H2,1-5H3/t28-,29+,30?/m0/s1. The molecule has 3 aromatic carbocycles. The van der Waals surface area contributed by atoms with Crippen LogP contribution in [0.3, 0.4) is 0 Å². The van der Waals surface area contributed by atoms with Crippen molar-refractivity contribution in [1.82, 2.24) is 4.90 Å². The van der Waals surface area contributed by atoms with Gasteiger partial charge in [-0.3, -0.25) is 4.90 Å². The average molecular weight is 516 g/mol. The van der Waals surface area contributed by atoms with Gasteiger partial charge in [-0.05, 0) is 34.8 Å². The van der Waals surface area contributed by atoms with E-state index >= 15 is 0 Å². The molecule has 1 aliphatic rings. The van der Waals surface area contributed by atoms with Crippen LogP contribution in [0.2, 0.25) is 18.1 Å². The van der Waals surface area contributed by atoms with Crippen LogP contribution in [0.25, 0.3) is 0 Å². The highest BCUT2D eigenvalue weighted by Crippen LogP contribution is 2.41. The minimum Gasteiger partial charge on any atom is -0.459 e. The Morgan fingerprint density at radius 3 is 2.05 bits per heavy atom. The molecule has 37 heavy (non-hydrogen) atoms. The molecule has 0 spiro atoms. The lowest BCUT2D eigenvalue weighted by Crippen LogP contribution is -2.42. The lowest BCUT2D eigenvalue weighted by Gasteiger charge is -2.37. The number of rotatable bonds is 9. The summed E-state index contributed by atoms with van der Waals surface area (Å²) in [4.78, 5) is 15.9. The molecular weight excluding hydrogens is 474 g/mol. The molecular formula is C32H41NO3Si. The first-order valence-corrected chi connectivity index (χ1v) is 16.2.